The molecular formula is C17H21N3O2S. The van der Waals surface area contributed by atoms with Gasteiger partial charge < -0.3 is 14.2 Å². The minimum absolute atomic E-state index is 0.0281. The molecule has 0 N–H and O–H groups in total. The first-order chi connectivity index (χ1) is 11.2. The quantitative estimate of drug-likeness (QED) is 0.791. The van der Waals surface area contributed by atoms with E-state index in [-0.39, 0.29) is 11.9 Å². The Labute approximate surface area is 140 Å². The monoisotopic (exact) mass is 331 g/mol. The third kappa shape index (κ3) is 3.38. The van der Waals surface area contributed by atoms with Crippen LogP contribution in [0.5, 0.6) is 0 Å². The van der Waals surface area contributed by atoms with Crippen LogP contribution in [0.4, 0.5) is 0 Å². The van der Waals surface area contributed by atoms with E-state index in [0.717, 1.165) is 22.9 Å². The molecule has 2 aromatic rings. The van der Waals surface area contributed by atoms with Crippen molar-refractivity contribution in [3.63, 3.8) is 0 Å². The molecule has 0 saturated heterocycles. The molecule has 0 saturated carbocycles. The zero-order valence-electron chi connectivity index (χ0n) is 13.4. The largest absolute Gasteiger partial charge is 0.375 e. The van der Waals surface area contributed by atoms with Gasteiger partial charge in [-0.2, -0.15) is 0 Å². The molecule has 1 amide bonds. The van der Waals surface area contributed by atoms with E-state index in [0.29, 0.717) is 19.8 Å². The first-order valence-corrected chi connectivity index (χ1v) is 8.73. The van der Waals surface area contributed by atoms with E-state index in [4.69, 9.17) is 4.74 Å². The summed E-state index contributed by atoms with van der Waals surface area (Å²) in [6.07, 6.45) is 5.39. The highest BCUT2D eigenvalue weighted by atomic mass is 32.1. The Kier molecular flexibility index (Phi) is 4.93. The number of amides is 1. The fourth-order valence-electron chi connectivity index (χ4n) is 2.82. The molecule has 2 aromatic heterocycles. The Morgan fingerprint density at radius 3 is 3.13 bits per heavy atom. The van der Waals surface area contributed by atoms with Crippen molar-refractivity contribution in [2.75, 3.05) is 13.2 Å². The topological polar surface area (TPSA) is 47.4 Å². The molecule has 1 atom stereocenters. The van der Waals surface area contributed by atoms with Gasteiger partial charge in [-0.15, -0.1) is 11.3 Å². The van der Waals surface area contributed by atoms with Gasteiger partial charge in [-0.3, -0.25) is 4.79 Å². The molecule has 6 heteroatoms. The molecule has 122 valence electrons. The number of rotatable bonds is 5. The average Bonchev–Trinajstić information content (AvgIpc) is 3.21. The van der Waals surface area contributed by atoms with Gasteiger partial charge in [0, 0.05) is 30.6 Å². The summed E-state index contributed by atoms with van der Waals surface area (Å²) in [5, 5.41) is 2.00. The Balaban J connectivity index is 1.72. The van der Waals surface area contributed by atoms with Crippen molar-refractivity contribution in [1.82, 2.24) is 14.5 Å². The molecule has 23 heavy (non-hydrogen) atoms. The second-order valence-corrected chi connectivity index (χ2v) is 6.43. The van der Waals surface area contributed by atoms with Crippen molar-refractivity contribution in [1.29, 1.82) is 0 Å². The normalized spacial score (nSPS) is 17.7. The summed E-state index contributed by atoms with van der Waals surface area (Å²) in [6, 6.07) is 3.95. The second kappa shape index (κ2) is 7.10. The first-order valence-electron chi connectivity index (χ1n) is 7.85. The molecule has 0 fully saturated rings. The third-order valence-electron chi connectivity index (χ3n) is 4.05. The molecule has 3 rings (SSSR count). The van der Waals surface area contributed by atoms with Crippen LogP contribution in [-0.4, -0.2) is 33.5 Å². The lowest BCUT2D eigenvalue weighted by Gasteiger charge is -2.33. The van der Waals surface area contributed by atoms with E-state index in [1.165, 1.54) is 0 Å². The number of thiophene rings is 1. The van der Waals surface area contributed by atoms with E-state index in [9.17, 15) is 4.79 Å². The lowest BCUT2D eigenvalue weighted by Crippen LogP contribution is -2.40. The summed E-state index contributed by atoms with van der Waals surface area (Å²) >= 11 is 1.62. The molecule has 3 heterocycles. The van der Waals surface area contributed by atoms with Crippen LogP contribution in [0.3, 0.4) is 0 Å². The Morgan fingerprint density at radius 2 is 2.39 bits per heavy atom. The van der Waals surface area contributed by atoms with E-state index in [1.807, 2.05) is 48.5 Å². The fourth-order valence-corrected chi connectivity index (χ4v) is 3.44. The Bertz CT molecular complexity index is 691. The Morgan fingerprint density at radius 1 is 1.52 bits per heavy atom. The average molecular weight is 331 g/mol. The van der Waals surface area contributed by atoms with Crippen molar-refractivity contribution in [2.45, 2.75) is 33.0 Å². The van der Waals surface area contributed by atoms with Crippen LogP contribution >= 0.6 is 11.3 Å². The highest BCUT2D eigenvalue weighted by Crippen LogP contribution is 2.26. The van der Waals surface area contributed by atoms with E-state index >= 15 is 0 Å². The van der Waals surface area contributed by atoms with Gasteiger partial charge in [-0.1, -0.05) is 6.07 Å². The molecule has 0 spiro atoms. The minimum Gasteiger partial charge on any atom is -0.375 e. The van der Waals surface area contributed by atoms with Crippen LogP contribution < -0.4 is 0 Å². The summed E-state index contributed by atoms with van der Waals surface area (Å²) in [6.45, 7) is 6.73. The van der Waals surface area contributed by atoms with Crippen LogP contribution in [0.25, 0.3) is 6.08 Å². The number of hydrogen-bond donors (Lipinski definition) is 0. The lowest BCUT2D eigenvalue weighted by atomic mass is 10.2. The second-order valence-electron chi connectivity index (χ2n) is 5.45. The highest BCUT2D eigenvalue weighted by molar-refractivity contribution is 7.10. The summed E-state index contributed by atoms with van der Waals surface area (Å²) in [5.74, 6) is 0.968. The van der Waals surface area contributed by atoms with Crippen LogP contribution in [0.15, 0.2) is 29.8 Å². The molecule has 0 aliphatic carbocycles. The minimum atomic E-state index is -0.0281. The number of ether oxygens (including phenoxy) is 1. The van der Waals surface area contributed by atoms with E-state index < -0.39 is 0 Å². The smallest absolute Gasteiger partial charge is 0.247 e. The van der Waals surface area contributed by atoms with Crippen LogP contribution in [-0.2, 0) is 22.7 Å². The van der Waals surface area contributed by atoms with Gasteiger partial charge in [-0.25, -0.2) is 4.98 Å². The molecule has 5 nitrogen and oxygen atoms in total. The van der Waals surface area contributed by atoms with Crippen molar-refractivity contribution in [3.8, 4) is 0 Å². The van der Waals surface area contributed by atoms with E-state index in [1.54, 1.807) is 17.4 Å². The first kappa shape index (κ1) is 16.0. The predicted octanol–water partition coefficient (Wildman–Crippen LogP) is 3.10. The number of aromatic nitrogens is 2. The van der Waals surface area contributed by atoms with Gasteiger partial charge in [0.05, 0.1) is 24.5 Å². The molecule has 0 unspecified atom stereocenters. The zero-order chi connectivity index (χ0) is 16.2. The maximum absolute atomic E-state index is 12.5. The van der Waals surface area contributed by atoms with Crippen molar-refractivity contribution in [3.05, 3.63) is 46.2 Å². The van der Waals surface area contributed by atoms with Gasteiger partial charge >= 0.3 is 0 Å². The molecule has 1 aliphatic rings. The van der Waals surface area contributed by atoms with Crippen LogP contribution in [0.1, 0.15) is 36.3 Å². The van der Waals surface area contributed by atoms with Crippen molar-refractivity contribution < 1.29 is 9.53 Å². The number of hydrogen-bond acceptors (Lipinski definition) is 4. The predicted molar refractivity (Wildman–Crippen MR) is 91.0 cm³/mol. The van der Waals surface area contributed by atoms with Gasteiger partial charge in [0.1, 0.15) is 5.82 Å². The maximum atomic E-state index is 12.5. The lowest BCUT2D eigenvalue weighted by molar-refractivity contribution is -0.129. The van der Waals surface area contributed by atoms with Crippen LogP contribution in [0, 0.1) is 0 Å². The fraction of sp³-hybridized carbons (Fsp3) is 0.412. The third-order valence-corrected chi connectivity index (χ3v) is 4.88. The summed E-state index contributed by atoms with van der Waals surface area (Å²) in [5.41, 5.74) is 1.08. The molecule has 0 radical (unpaired) electrons. The molecule has 0 bridgehead atoms. The number of carbonyl (C=O) groups excluding carboxylic acids is 1. The SMILES string of the molecule is CCOCc1cnc2n1CCN(C(=O)/C=C/c1cccs1)[C@H]2C. The summed E-state index contributed by atoms with van der Waals surface area (Å²) in [7, 11) is 0. The van der Waals surface area contributed by atoms with Crippen molar-refractivity contribution >= 4 is 23.3 Å². The standard InChI is InChI=1S/C17H21N3O2S/c1-3-22-12-14-11-18-17-13(2)19(8-9-20(14)17)16(21)7-6-15-5-4-10-23-15/h4-7,10-11,13H,3,8-9,12H2,1-2H3/b7-6+/t13-/m0/s1. The molecular weight excluding hydrogens is 310 g/mol. The summed E-state index contributed by atoms with van der Waals surface area (Å²) < 4.78 is 7.66. The van der Waals surface area contributed by atoms with Crippen molar-refractivity contribution in [2.24, 2.45) is 0 Å². The number of nitrogens with zero attached hydrogens (tertiary/aromatic N) is 3. The highest BCUT2D eigenvalue weighted by Gasteiger charge is 2.29. The molecule has 0 aromatic carbocycles. The summed E-state index contributed by atoms with van der Waals surface area (Å²) in [4.78, 5) is 19.9. The number of carbonyl (C=O) groups is 1. The van der Waals surface area contributed by atoms with Gasteiger partial charge in [0.2, 0.25) is 5.91 Å². The number of imidazole rings is 1. The Hall–Kier alpha value is -1.92. The number of fused-ring (bicyclic) bond motifs is 1. The molecule has 1 aliphatic heterocycles. The van der Waals surface area contributed by atoms with Gasteiger partial charge in [0.25, 0.3) is 0 Å². The maximum Gasteiger partial charge on any atom is 0.247 e. The van der Waals surface area contributed by atoms with Crippen LogP contribution in [0.2, 0.25) is 0 Å². The zero-order valence-corrected chi connectivity index (χ0v) is 14.3. The van der Waals surface area contributed by atoms with E-state index in [2.05, 4.69) is 9.55 Å². The van der Waals surface area contributed by atoms with Gasteiger partial charge in [-0.05, 0) is 31.4 Å². The van der Waals surface area contributed by atoms with Gasteiger partial charge in [0.15, 0.2) is 0 Å².